The predicted octanol–water partition coefficient (Wildman–Crippen LogP) is 4.67. The van der Waals surface area contributed by atoms with Crippen LogP contribution in [0, 0.1) is 0 Å². The SMILES string of the molecule is Clc1ccc2c(Cl)nc(-c3cccs3)nc2c1. The Morgan fingerprint density at radius 2 is 1.94 bits per heavy atom. The van der Waals surface area contributed by atoms with Gasteiger partial charge in [-0.3, -0.25) is 0 Å². The van der Waals surface area contributed by atoms with Crippen molar-refractivity contribution in [1.29, 1.82) is 0 Å². The summed E-state index contributed by atoms with van der Waals surface area (Å²) in [7, 11) is 0. The third-order valence-electron chi connectivity index (χ3n) is 2.35. The van der Waals surface area contributed by atoms with Crippen LogP contribution < -0.4 is 0 Å². The van der Waals surface area contributed by atoms with Crippen LogP contribution in [0.3, 0.4) is 0 Å². The standard InChI is InChI=1S/C12H6Cl2N2S/c13-7-3-4-8-9(6-7)15-12(16-11(8)14)10-2-1-5-17-10/h1-6H. The molecule has 3 aromatic rings. The molecule has 3 rings (SSSR count). The summed E-state index contributed by atoms with van der Waals surface area (Å²) in [6.07, 6.45) is 0. The van der Waals surface area contributed by atoms with Crippen LogP contribution in [0.4, 0.5) is 0 Å². The van der Waals surface area contributed by atoms with Gasteiger partial charge in [-0.15, -0.1) is 11.3 Å². The fourth-order valence-corrected chi connectivity index (χ4v) is 2.64. The summed E-state index contributed by atoms with van der Waals surface area (Å²) in [4.78, 5) is 9.76. The van der Waals surface area contributed by atoms with E-state index in [1.165, 1.54) is 0 Å². The van der Waals surface area contributed by atoms with Crippen molar-refractivity contribution in [1.82, 2.24) is 9.97 Å². The number of hydrogen-bond donors (Lipinski definition) is 0. The Labute approximate surface area is 112 Å². The lowest BCUT2D eigenvalue weighted by Gasteiger charge is -2.03. The van der Waals surface area contributed by atoms with Gasteiger partial charge in [-0.2, -0.15) is 0 Å². The number of benzene rings is 1. The second-order valence-corrected chi connectivity index (χ2v) is 5.22. The van der Waals surface area contributed by atoms with Gasteiger partial charge in [0.05, 0.1) is 10.4 Å². The van der Waals surface area contributed by atoms with E-state index in [-0.39, 0.29) is 0 Å². The van der Waals surface area contributed by atoms with Crippen LogP contribution in [0.1, 0.15) is 0 Å². The van der Waals surface area contributed by atoms with Gasteiger partial charge in [0.15, 0.2) is 5.82 Å². The van der Waals surface area contributed by atoms with Gasteiger partial charge in [0, 0.05) is 10.4 Å². The molecule has 0 saturated heterocycles. The van der Waals surface area contributed by atoms with Crippen LogP contribution in [0.15, 0.2) is 35.7 Å². The van der Waals surface area contributed by atoms with Crippen molar-refractivity contribution < 1.29 is 0 Å². The third-order valence-corrected chi connectivity index (χ3v) is 3.74. The molecule has 0 aliphatic heterocycles. The number of rotatable bonds is 1. The molecule has 0 aliphatic carbocycles. The number of halogens is 2. The average molecular weight is 281 g/mol. The highest BCUT2D eigenvalue weighted by Crippen LogP contribution is 2.28. The number of hydrogen-bond acceptors (Lipinski definition) is 3. The molecule has 0 N–H and O–H groups in total. The van der Waals surface area contributed by atoms with E-state index in [1.807, 2.05) is 23.6 Å². The summed E-state index contributed by atoms with van der Waals surface area (Å²) in [5.41, 5.74) is 0.765. The fraction of sp³-hybridized carbons (Fsp3) is 0. The van der Waals surface area contributed by atoms with E-state index in [2.05, 4.69) is 9.97 Å². The molecule has 0 atom stereocenters. The Balaban J connectivity index is 2.29. The van der Waals surface area contributed by atoms with E-state index in [4.69, 9.17) is 23.2 Å². The number of fused-ring (bicyclic) bond motifs is 1. The van der Waals surface area contributed by atoms with Crippen LogP contribution >= 0.6 is 34.5 Å². The summed E-state index contributed by atoms with van der Waals surface area (Å²) in [5, 5.41) is 3.89. The molecule has 0 saturated carbocycles. The Morgan fingerprint density at radius 1 is 1.06 bits per heavy atom. The largest absolute Gasteiger partial charge is 0.227 e. The van der Waals surface area contributed by atoms with Gasteiger partial charge in [0.1, 0.15) is 5.15 Å². The van der Waals surface area contributed by atoms with E-state index < -0.39 is 0 Å². The summed E-state index contributed by atoms with van der Waals surface area (Å²) in [6.45, 7) is 0. The molecule has 2 aromatic heterocycles. The fourth-order valence-electron chi connectivity index (χ4n) is 1.58. The van der Waals surface area contributed by atoms with Gasteiger partial charge >= 0.3 is 0 Å². The minimum atomic E-state index is 0.454. The molecule has 1 aromatic carbocycles. The molecular weight excluding hydrogens is 275 g/mol. The molecule has 0 radical (unpaired) electrons. The first-order valence-electron chi connectivity index (χ1n) is 4.91. The van der Waals surface area contributed by atoms with Gasteiger partial charge in [-0.25, -0.2) is 9.97 Å². The Bertz CT molecular complexity index is 680. The maximum absolute atomic E-state index is 6.14. The minimum absolute atomic E-state index is 0.454. The second kappa shape index (κ2) is 4.26. The van der Waals surface area contributed by atoms with E-state index in [1.54, 1.807) is 23.5 Å². The van der Waals surface area contributed by atoms with Gasteiger partial charge < -0.3 is 0 Å². The van der Waals surface area contributed by atoms with Crippen molar-refractivity contribution >= 4 is 45.4 Å². The van der Waals surface area contributed by atoms with Gasteiger partial charge in [0.25, 0.3) is 0 Å². The summed E-state index contributed by atoms with van der Waals surface area (Å²) >= 11 is 13.7. The molecule has 0 amide bonds. The Hall–Kier alpha value is -1.16. The lowest BCUT2D eigenvalue weighted by Crippen LogP contribution is -1.90. The van der Waals surface area contributed by atoms with Crippen LogP contribution in [0.5, 0.6) is 0 Å². The van der Waals surface area contributed by atoms with E-state index in [0.29, 0.717) is 16.0 Å². The first-order valence-corrected chi connectivity index (χ1v) is 6.54. The predicted molar refractivity (Wildman–Crippen MR) is 72.9 cm³/mol. The number of thiophene rings is 1. The van der Waals surface area contributed by atoms with Gasteiger partial charge in [-0.05, 0) is 29.6 Å². The average Bonchev–Trinajstić information content (AvgIpc) is 2.81. The van der Waals surface area contributed by atoms with E-state index >= 15 is 0 Å². The van der Waals surface area contributed by atoms with Crippen molar-refractivity contribution in [3.63, 3.8) is 0 Å². The zero-order valence-electron chi connectivity index (χ0n) is 8.52. The third kappa shape index (κ3) is 2.02. The van der Waals surface area contributed by atoms with Crippen molar-refractivity contribution in [3.8, 4) is 10.7 Å². The second-order valence-electron chi connectivity index (χ2n) is 3.48. The first kappa shape index (κ1) is 11.0. The summed E-state index contributed by atoms with van der Waals surface area (Å²) < 4.78 is 0. The Morgan fingerprint density at radius 3 is 2.71 bits per heavy atom. The van der Waals surface area contributed by atoms with E-state index in [9.17, 15) is 0 Å². The van der Waals surface area contributed by atoms with E-state index in [0.717, 1.165) is 15.8 Å². The van der Waals surface area contributed by atoms with Crippen LogP contribution in [-0.4, -0.2) is 9.97 Å². The van der Waals surface area contributed by atoms with Crippen molar-refractivity contribution in [3.05, 3.63) is 45.9 Å². The number of nitrogens with zero attached hydrogens (tertiary/aromatic N) is 2. The van der Waals surface area contributed by atoms with Gasteiger partial charge in [0.2, 0.25) is 0 Å². The van der Waals surface area contributed by atoms with Crippen LogP contribution in [0.2, 0.25) is 10.2 Å². The summed E-state index contributed by atoms with van der Waals surface area (Å²) in [5.74, 6) is 0.639. The lowest BCUT2D eigenvalue weighted by molar-refractivity contribution is 1.24. The van der Waals surface area contributed by atoms with Crippen LogP contribution in [0.25, 0.3) is 21.6 Å². The number of aromatic nitrogens is 2. The highest BCUT2D eigenvalue weighted by Gasteiger charge is 2.08. The van der Waals surface area contributed by atoms with Gasteiger partial charge in [-0.1, -0.05) is 29.3 Å². The molecule has 0 bridgehead atoms. The minimum Gasteiger partial charge on any atom is -0.227 e. The molecule has 5 heteroatoms. The molecule has 0 spiro atoms. The molecule has 0 aliphatic rings. The molecule has 2 nitrogen and oxygen atoms in total. The zero-order valence-corrected chi connectivity index (χ0v) is 10.9. The highest BCUT2D eigenvalue weighted by molar-refractivity contribution is 7.13. The first-order chi connectivity index (χ1) is 8.24. The van der Waals surface area contributed by atoms with Crippen molar-refractivity contribution in [2.45, 2.75) is 0 Å². The molecule has 84 valence electrons. The molecule has 17 heavy (non-hydrogen) atoms. The van der Waals surface area contributed by atoms with Crippen LogP contribution in [-0.2, 0) is 0 Å². The van der Waals surface area contributed by atoms with Crippen molar-refractivity contribution in [2.75, 3.05) is 0 Å². The molecule has 2 heterocycles. The maximum atomic E-state index is 6.14. The normalized spacial score (nSPS) is 10.9. The highest BCUT2D eigenvalue weighted by atomic mass is 35.5. The van der Waals surface area contributed by atoms with Crippen molar-refractivity contribution in [2.24, 2.45) is 0 Å². The summed E-state index contributed by atoms with van der Waals surface area (Å²) in [6, 6.07) is 9.33. The molecule has 0 unspecified atom stereocenters. The maximum Gasteiger partial charge on any atom is 0.171 e. The quantitative estimate of drug-likeness (QED) is 0.606. The molecular formula is C12H6Cl2N2S. The topological polar surface area (TPSA) is 25.8 Å². The zero-order chi connectivity index (χ0) is 11.8. The monoisotopic (exact) mass is 280 g/mol. The molecule has 0 fully saturated rings. The smallest absolute Gasteiger partial charge is 0.171 e. The lowest BCUT2D eigenvalue weighted by atomic mass is 10.2. The Kier molecular flexibility index (Phi) is 2.74.